The predicted molar refractivity (Wildman–Crippen MR) is 84.1 cm³/mol. The molecule has 2 aromatic rings. The smallest absolute Gasteiger partial charge is 0.0370 e. The lowest BCUT2D eigenvalue weighted by Gasteiger charge is -2.33. The fraction of sp³-hybridized carbons (Fsp3) is 0.333. The molecule has 2 nitrogen and oxygen atoms in total. The third-order valence-electron chi connectivity index (χ3n) is 4.60. The molecule has 1 fully saturated rings. The first-order valence-electron chi connectivity index (χ1n) is 7.53. The second-order valence-electron chi connectivity index (χ2n) is 6.02. The molecule has 0 saturated carbocycles. The van der Waals surface area contributed by atoms with Gasteiger partial charge in [0.25, 0.3) is 0 Å². The topological polar surface area (TPSA) is 29.3 Å². The molecule has 0 radical (unpaired) electrons. The highest BCUT2D eigenvalue weighted by molar-refractivity contribution is 5.78. The van der Waals surface area contributed by atoms with Crippen LogP contribution in [0, 0.1) is 0 Å². The number of hydrogen-bond acceptors (Lipinski definition) is 2. The third kappa shape index (κ3) is 1.92. The average molecular weight is 264 g/mol. The highest BCUT2D eigenvalue weighted by Crippen LogP contribution is 2.38. The van der Waals surface area contributed by atoms with Crippen molar-refractivity contribution in [2.45, 2.75) is 25.3 Å². The van der Waals surface area contributed by atoms with Crippen molar-refractivity contribution in [1.29, 1.82) is 0 Å². The molecule has 2 aromatic carbocycles. The Kier molecular flexibility index (Phi) is 2.78. The lowest BCUT2D eigenvalue weighted by molar-refractivity contribution is 0.506. The van der Waals surface area contributed by atoms with Crippen LogP contribution in [0.1, 0.15) is 24.0 Å². The van der Waals surface area contributed by atoms with Crippen molar-refractivity contribution in [2.24, 2.45) is 5.73 Å². The predicted octanol–water partition coefficient (Wildman–Crippen LogP) is 3.19. The molecular weight excluding hydrogens is 244 g/mol. The van der Waals surface area contributed by atoms with E-state index < -0.39 is 0 Å². The van der Waals surface area contributed by atoms with Gasteiger partial charge in [0.15, 0.2) is 0 Å². The number of rotatable bonds is 1. The number of nitrogens with zero attached hydrogens (tertiary/aromatic N) is 1. The van der Waals surface area contributed by atoms with E-state index >= 15 is 0 Å². The van der Waals surface area contributed by atoms with Gasteiger partial charge in [-0.15, -0.1) is 0 Å². The van der Waals surface area contributed by atoms with Crippen molar-refractivity contribution in [3.8, 4) is 11.1 Å². The minimum atomic E-state index is 0.328. The average Bonchev–Trinajstić information content (AvgIpc) is 2.85. The SMILES string of the molecule is NC1CCCN(c2ccc3c(c2)Cc2ccccc2-3)C1. The molecule has 0 bridgehead atoms. The van der Waals surface area contributed by atoms with Crippen LogP contribution in [-0.2, 0) is 6.42 Å². The van der Waals surface area contributed by atoms with Gasteiger partial charge in [0, 0.05) is 24.8 Å². The molecule has 2 aliphatic rings. The van der Waals surface area contributed by atoms with Crippen LogP contribution in [0.25, 0.3) is 11.1 Å². The van der Waals surface area contributed by atoms with Gasteiger partial charge in [-0.1, -0.05) is 30.3 Å². The molecule has 2 N–H and O–H groups in total. The van der Waals surface area contributed by atoms with E-state index in [1.54, 1.807) is 0 Å². The summed E-state index contributed by atoms with van der Waals surface area (Å²) in [5.74, 6) is 0. The standard InChI is InChI=1S/C18H20N2/c19-15-5-3-9-20(12-15)16-7-8-18-14(11-16)10-13-4-1-2-6-17(13)18/h1-2,4,6-8,11,15H,3,5,9-10,12,19H2. The maximum atomic E-state index is 6.10. The van der Waals surface area contributed by atoms with Crippen molar-refractivity contribution in [3.63, 3.8) is 0 Å². The van der Waals surface area contributed by atoms with E-state index in [-0.39, 0.29) is 0 Å². The Morgan fingerprint density at radius 2 is 1.85 bits per heavy atom. The fourth-order valence-electron chi connectivity index (χ4n) is 3.57. The lowest BCUT2D eigenvalue weighted by Crippen LogP contribution is -2.42. The molecule has 0 amide bonds. The van der Waals surface area contributed by atoms with Crippen LogP contribution in [-0.4, -0.2) is 19.1 Å². The monoisotopic (exact) mass is 264 g/mol. The minimum Gasteiger partial charge on any atom is -0.370 e. The van der Waals surface area contributed by atoms with Crippen LogP contribution in [0.3, 0.4) is 0 Å². The molecule has 2 heteroatoms. The quantitative estimate of drug-likeness (QED) is 0.731. The van der Waals surface area contributed by atoms with Gasteiger partial charge in [-0.3, -0.25) is 0 Å². The Bertz CT molecular complexity index is 648. The molecule has 0 spiro atoms. The van der Waals surface area contributed by atoms with Gasteiger partial charge in [-0.25, -0.2) is 0 Å². The van der Waals surface area contributed by atoms with Crippen molar-refractivity contribution < 1.29 is 0 Å². The molecule has 1 saturated heterocycles. The fourth-order valence-corrected chi connectivity index (χ4v) is 3.57. The minimum absolute atomic E-state index is 0.328. The Hall–Kier alpha value is -1.80. The highest BCUT2D eigenvalue weighted by Gasteiger charge is 2.21. The summed E-state index contributed by atoms with van der Waals surface area (Å²) in [4.78, 5) is 2.44. The van der Waals surface area contributed by atoms with Gasteiger partial charge < -0.3 is 10.6 Å². The molecule has 1 unspecified atom stereocenters. The summed E-state index contributed by atoms with van der Waals surface area (Å²) in [7, 11) is 0. The van der Waals surface area contributed by atoms with Gasteiger partial charge in [-0.05, 0) is 53.6 Å². The van der Waals surface area contributed by atoms with Crippen molar-refractivity contribution in [1.82, 2.24) is 0 Å². The first-order valence-corrected chi connectivity index (χ1v) is 7.53. The molecular formula is C18H20N2. The van der Waals surface area contributed by atoms with Gasteiger partial charge >= 0.3 is 0 Å². The van der Waals surface area contributed by atoms with Gasteiger partial charge in [-0.2, -0.15) is 0 Å². The summed E-state index contributed by atoms with van der Waals surface area (Å²) >= 11 is 0. The van der Waals surface area contributed by atoms with Crippen LogP contribution < -0.4 is 10.6 Å². The maximum absolute atomic E-state index is 6.10. The number of piperidine rings is 1. The Labute approximate surface area is 120 Å². The van der Waals surface area contributed by atoms with E-state index in [1.807, 2.05) is 0 Å². The summed E-state index contributed by atoms with van der Waals surface area (Å²) in [6.45, 7) is 2.13. The van der Waals surface area contributed by atoms with Crippen molar-refractivity contribution in [3.05, 3.63) is 53.6 Å². The normalized spacial score (nSPS) is 20.6. The van der Waals surface area contributed by atoms with Gasteiger partial charge in [0.1, 0.15) is 0 Å². The van der Waals surface area contributed by atoms with Crippen LogP contribution >= 0.6 is 0 Å². The number of nitrogens with two attached hydrogens (primary N) is 1. The van der Waals surface area contributed by atoms with Crippen molar-refractivity contribution >= 4 is 5.69 Å². The number of anilines is 1. The van der Waals surface area contributed by atoms with E-state index in [1.165, 1.54) is 34.4 Å². The zero-order valence-electron chi connectivity index (χ0n) is 11.7. The zero-order chi connectivity index (χ0) is 13.5. The largest absolute Gasteiger partial charge is 0.370 e. The maximum Gasteiger partial charge on any atom is 0.0370 e. The molecule has 102 valence electrons. The highest BCUT2D eigenvalue weighted by atomic mass is 15.1. The Morgan fingerprint density at radius 1 is 1.00 bits per heavy atom. The van der Waals surface area contributed by atoms with Crippen LogP contribution in [0.5, 0.6) is 0 Å². The lowest BCUT2D eigenvalue weighted by atomic mass is 10.0. The van der Waals surface area contributed by atoms with E-state index in [0.717, 1.165) is 25.9 Å². The summed E-state index contributed by atoms with van der Waals surface area (Å²) in [5, 5.41) is 0. The second kappa shape index (κ2) is 4.64. The van der Waals surface area contributed by atoms with Gasteiger partial charge in [0.2, 0.25) is 0 Å². The number of benzene rings is 2. The van der Waals surface area contributed by atoms with Gasteiger partial charge in [0.05, 0.1) is 0 Å². The van der Waals surface area contributed by atoms with Crippen LogP contribution in [0.4, 0.5) is 5.69 Å². The molecule has 0 aromatic heterocycles. The first-order chi connectivity index (χ1) is 9.81. The summed E-state index contributed by atoms with van der Waals surface area (Å²) < 4.78 is 0. The molecule has 1 atom stereocenters. The number of hydrogen-bond donors (Lipinski definition) is 1. The van der Waals surface area contributed by atoms with E-state index in [0.29, 0.717) is 6.04 Å². The molecule has 1 aliphatic carbocycles. The van der Waals surface area contributed by atoms with Crippen LogP contribution in [0.2, 0.25) is 0 Å². The van der Waals surface area contributed by atoms with E-state index in [9.17, 15) is 0 Å². The second-order valence-corrected chi connectivity index (χ2v) is 6.02. The van der Waals surface area contributed by atoms with Crippen LogP contribution in [0.15, 0.2) is 42.5 Å². The zero-order valence-corrected chi connectivity index (χ0v) is 11.7. The summed E-state index contributed by atoms with van der Waals surface area (Å²) in [5.41, 5.74) is 13.2. The van der Waals surface area contributed by atoms with E-state index in [4.69, 9.17) is 5.73 Å². The summed E-state index contributed by atoms with van der Waals surface area (Å²) in [6.07, 6.45) is 3.44. The molecule has 1 heterocycles. The summed E-state index contributed by atoms with van der Waals surface area (Å²) in [6, 6.07) is 16.0. The first kappa shape index (κ1) is 12.0. The molecule has 1 aliphatic heterocycles. The molecule has 20 heavy (non-hydrogen) atoms. The third-order valence-corrected chi connectivity index (χ3v) is 4.60. The Balaban J connectivity index is 1.68. The Morgan fingerprint density at radius 3 is 2.75 bits per heavy atom. The number of fused-ring (bicyclic) bond motifs is 3. The molecule has 4 rings (SSSR count). The van der Waals surface area contributed by atoms with Crippen molar-refractivity contribution in [2.75, 3.05) is 18.0 Å². The van der Waals surface area contributed by atoms with E-state index in [2.05, 4.69) is 47.4 Å².